The van der Waals surface area contributed by atoms with E-state index in [4.69, 9.17) is 5.11 Å². The van der Waals surface area contributed by atoms with Crippen LogP contribution in [0, 0.1) is 23.2 Å². The smallest absolute Gasteiger partial charge is 0.328 e. The van der Waals surface area contributed by atoms with Gasteiger partial charge in [-0.25, -0.2) is 4.79 Å². The fraction of sp³-hybridized carbons (Fsp3) is 0.833. The topological polar surface area (TPSA) is 37.3 Å². The van der Waals surface area contributed by atoms with Crippen LogP contribution in [0.2, 0.25) is 0 Å². The van der Waals surface area contributed by atoms with Crippen molar-refractivity contribution < 1.29 is 9.90 Å². The molecule has 2 saturated carbocycles. The number of hydrogen-bond donors (Lipinski definition) is 1. The molecule has 0 amide bonds. The summed E-state index contributed by atoms with van der Waals surface area (Å²) in [6, 6.07) is 0. The lowest BCUT2D eigenvalue weighted by Gasteiger charge is -2.53. The fourth-order valence-electron chi connectivity index (χ4n) is 5.04. The Morgan fingerprint density at radius 2 is 2.05 bits per heavy atom. The van der Waals surface area contributed by atoms with Crippen molar-refractivity contribution in [3.05, 3.63) is 11.6 Å². The van der Waals surface area contributed by atoms with Crippen LogP contribution in [0.15, 0.2) is 11.6 Å². The third kappa shape index (κ3) is 3.27. The normalized spacial score (nSPS) is 38.4. The van der Waals surface area contributed by atoms with Crippen LogP contribution in [0.5, 0.6) is 0 Å². The minimum absolute atomic E-state index is 0.513. The Balaban J connectivity index is 2.01. The van der Waals surface area contributed by atoms with E-state index in [1.54, 1.807) is 0 Å². The van der Waals surface area contributed by atoms with Gasteiger partial charge >= 0.3 is 5.97 Å². The van der Waals surface area contributed by atoms with Gasteiger partial charge < -0.3 is 5.11 Å². The van der Waals surface area contributed by atoms with E-state index in [0.29, 0.717) is 5.41 Å². The number of hydrogen-bond acceptors (Lipinski definition) is 1. The van der Waals surface area contributed by atoms with E-state index in [9.17, 15) is 4.79 Å². The first kappa shape index (κ1) is 15.6. The first-order valence-electron chi connectivity index (χ1n) is 8.33. The van der Waals surface area contributed by atoms with Gasteiger partial charge in [-0.3, -0.25) is 0 Å². The summed E-state index contributed by atoms with van der Waals surface area (Å²) in [4.78, 5) is 10.7. The molecule has 0 saturated heterocycles. The van der Waals surface area contributed by atoms with E-state index in [2.05, 4.69) is 13.8 Å². The molecule has 0 aromatic heterocycles. The zero-order chi connectivity index (χ0) is 14.8. The molecule has 0 aromatic rings. The highest BCUT2D eigenvalue weighted by molar-refractivity contribution is 5.80. The molecule has 2 aliphatic carbocycles. The molecule has 2 fully saturated rings. The molecular weight excluding hydrogens is 248 g/mol. The summed E-state index contributed by atoms with van der Waals surface area (Å²) >= 11 is 0. The minimum Gasteiger partial charge on any atom is -0.478 e. The molecule has 114 valence electrons. The molecular formula is C18H30O2. The van der Waals surface area contributed by atoms with Crippen molar-refractivity contribution >= 4 is 5.97 Å². The van der Waals surface area contributed by atoms with Gasteiger partial charge in [0, 0.05) is 6.08 Å². The SMILES string of the molecule is CC(=CC(=O)O)CCC1CCCC2C(C)CCCC12C. The van der Waals surface area contributed by atoms with Crippen LogP contribution in [0.1, 0.15) is 72.1 Å². The lowest BCUT2D eigenvalue weighted by Crippen LogP contribution is -2.44. The quantitative estimate of drug-likeness (QED) is 0.731. The van der Waals surface area contributed by atoms with E-state index in [1.807, 2.05) is 6.92 Å². The van der Waals surface area contributed by atoms with Crippen LogP contribution >= 0.6 is 0 Å². The van der Waals surface area contributed by atoms with Crippen LogP contribution in [-0.2, 0) is 4.79 Å². The fourth-order valence-corrected chi connectivity index (χ4v) is 5.04. The molecule has 20 heavy (non-hydrogen) atoms. The molecule has 2 heteroatoms. The standard InChI is InChI=1S/C18H30O2/c1-13(12-17(19)20)9-10-15-7-4-8-16-14(2)6-5-11-18(15,16)3/h12,14-16H,4-11H2,1-3H3,(H,19,20). The first-order valence-corrected chi connectivity index (χ1v) is 8.33. The minimum atomic E-state index is -0.804. The summed E-state index contributed by atoms with van der Waals surface area (Å²) in [5, 5.41) is 8.82. The van der Waals surface area contributed by atoms with Crippen LogP contribution in [0.25, 0.3) is 0 Å². The molecule has 0 bridgehead atoms. The van der Waals surface area contributed by atoms with Gasteiger partial charge in [0.1, 0.15) is 0 Å². The van der Waals surface area contributed by atoms with E-state index in [-0.39, 0.29) is 0 Å². The second kappa shape index (κ2) is 6.32. The summed E-state index contributed by atoms with van der Waals surface area (Å²) in [5.41, 5.74) is 1.53. The number of fused-ring (bicyclic) bond motifs is 1. The highest BCUT2D eigenvalue weighted by atomic mass is 16.4. The molecule has 0 spiro atoms. The molecule has 4 atom stereocenters. The van der Waals surface area contributed by atoms with E-state index < -0.39 is 5.97 Å². The lowest BCUT2D eigenvalue weighted by molar-refractivity contribution is -0.131. The van der Waals surface area contributed by atoms with Crippen LogP contribution < -0.4 is 0 Å². The van der Waals surface area contributed by atoms with Crippen molar-refractivity contribution in [1.29, 1.82) is 0 Å². The Kier molecular flexibility index (Phi) is 4.93. The Labute approximate surface area is 123 Å². The predicted molar refractivity (Wildman–Crippen MR) is 82.6 cm³/mol. The average Bonchev–Trinajstić information content (AvgIpc) is 2.35. The van der Waals surface area contributed by atoms with Crippen molar-refractivity contribution in [3.63, 3.8) is 0 Å². The lowest BCUT2D eigenvalue weighted by atomic mass is 9.52. The van der Waals surface area contributed by atoms with E-state index in [1.165, 1.54) is 51.0 Å². The number of rotatable bonds is 4. The third-order valence-electron chi connectivity index (χ3n) is 6.17. The largest absolute Gasteiger partial charge is 0.478 e. The summed E-state index contributed by atoms with van der Waals surface area (Å²) in [7, 11) is 0. The van der Waals surface area contributed by atoms with Gasteiger partial charge in [0.05, 0.1) is 0 Å². The molecule has 0 heterocycles. The number of carbonyl (C=O) groups is 1. The van der Waals surface area contributed by atoms with Gasteiger partial charge in [-0.2, -0.15) is 0 Å². The third-order valence-corrected chi connectivity index (χ3v) is 6.17. The zero-order valence-corrected chi connectivity index (χ0v) is 13.3. The molecule has 0 radical (unpaired) electrons. The van der Waals surface area contributed by atoms with Gasteiger partial charge in [-0.05, 0) is 62.2 Å². The highest BCUT2D eigenvalue weighted by Gasteiger charge is 2.46. The summed E-state index contributed by atoms with van der Waals surface area (Å²) in [5.74, 6) is 1.77. The van der Waals surface area contributed by atoms with Crippen LogP contribution in [0.4, 0.5) is 0 Å². The van der Waals surface area contributed by atoms with Gasteiger partial charge in [0.25, 0.3) is 0 Å². The number of carboxylic acids is 1. The van der Waals surface area contributed by atoms with Crippen LogP contribution in [-0.4, -0.2) is 11.1 Å². The Morgan fingerprint density at radius 1 is 1.30 bits per heavy atom. The van der Waals surface area contributed by atoms with Crippen molar-refractivity contribution in [2.45, 2.75) is 72.1 Å². The summed E-state index contributed by atoms with van der Waals surface area (Å²) in [6.07, 6.45) is 11.8. The van der Waals surface area contributed by atoms with Crippen molar-refractivity contribution in [2.75, 3.05) is 0 Å². The maximum absolute atomic E-state index is 10.7. The molecule has 2 rings (SSSR count). The number of allylic oxidation sites excluding steroid dienone is 1. The average molecular weight is 278 g/mol. The van der Waals surface area contributed by atoms with Crippen LogP contribution in [0.3, 0.4) is 0 Å². The zero-order valence-electron chi connectivity index (χ0n) is 13.3. The highest BCUT2D eigenvalue weighted by Crippen LogP contribution is 2.56. The predicted octanol–water partition coefficient (Wildman–Crippen LogP) is 5.04. The molecule has 0 aliphatic heterocycles. The maximum atomic E-state index is 10.7. The molecule has 4 unspecified atom stereocenters. The van der Waals surface area contributed by atoms with Crippen molar-refractivity contribution in [1.82, 2.24) is 0 Å². The van der Waals surface area contributed by atoms with E-state index in [0.717, 1.165) is 29.7 Å². The molecule has 2 nitrogen and oxygen atoms in total. The number of aliphatic carboxylic acids is 1. The van der Waals surface area contributed by atoms with Gasteiger partial charge in [0.15, 0.2) is 0 Å². The number of carboxylic acid groups (broad SMARTS) is 1. The Morgan fingerprint density at radius 3 is 2.75 bits per heavy atom. The maximum Gasteiger partial charge on any atom is 0.328 e. The second-order valence-electron chi connectivity index (χ2n) is 7.48. The van der Waals surface area contributed by atoms with Gasteiger partial charge in [-0.15, -0.1) is 0 Å². The van der Waals surface area contributed by atoms with Crippen molar-refractivity contribution in [2.24, 2.45) is 23.2 Å². The van der Waals surface area contributed by atoms with Gasteiger partial charge in [-0.1, -0.05) is 38.7 Å². The van der Waals surface area contributed by atoms with Gasteiger partial charge in [0.2, 0.25) is 0 Å². The summed E-state index contributed by atoms with van der Waals surface area (Å²) in [6.45, 7) is 6.92. The molecule has 0 aromatic carbocycles. The molecule has 1 N–H and O–H groups in total. The summed E-state index contributed by atoms with van der Waals surface area (Å²) < 4.78 is 0. The first-order chi connectivity index (χ1) is 9.43. The molecule has 2 aliphatic rings. The van der Waals surface area contributed by atoms with E-state index >= 15 is 0 Å². The van der Waals surface area contributed by atoms with Crippen molar-refractivity contribution in [3.8, 4) is 0 Å². The Hall–Kier alpha value is -0.790. The Bertz CT molecular complexity index is 385. The monoisotopic (exact) mass is 278 g/mol. The second-order valence-corrected chi connectivity index (χ2v) is 7.48.